The molecule has 2 aromatic rings. The molecule has 0 aromatic carbocycles. The van der Waals surface area contributed by atoms with Crippen LogP contribution in [-0.2, 0) is 4.74 Å². The van der Waals surface area contributed by atoms with Crippen molar-refractivity contribution in [3.8, 4) is 0 Å². The number of pyridine rings is 1. The first-order valence-corrected chi connectivity index (χ1v) is 8.63. The average Bonchev–Trinajstić information content (AvgIpc) is 3.00. The van der Waals surface area contributed by atoms with Crippen molar-refractivity contribution in [3.63, 3.8) is 0 Å². The minimum Gasteiger partial charge on any atom is -0.444 e. The van der Waals surface area contributed by atoms with Crippen LogP contribution in [0.25, 0.3) is 5.65 Å². The highest BCUT2D eigenvalue weighted by atomic mass is 16.6. The molecule has 0 unspecified atom stereocenters. The van der Waals surface area contributed by atoms with Crippen LogP contribution in [0.2, 0.25) is 0 Å². The van der Waals surface area contributed by atoms with E-state index in [0.717, 1.165) is 0 Å². The lowest BCUT2D eigenvalue weighted by Gasteiger charge is -2.40. The summed E-state index contributed by atoms with van der Waals surface area (Å²) in [5, 5.41) is 14.2. The topological polar surface area (TPSA) is 102 Å². The highest BCUT2D eigenvalue weighted by molar-refractivity contribution is 5.94. The van der Waals surface area contributed by atoms with E-state index in [0.29, 0.717) is 37.1 Å². The molecule has 1 N–H and O–H groups in total. The van der Waals surface area contributed by atoms with Gasteiger partial charge >= 0.3 is 6.09 Å². The number of alkyl carbamates (subject to hydrolysis) is 1. The van der Waals surface area contributed by atoms with Gasteiger partial charge in [0.05, 0.1) is 5.56 Å². The molecule has 1 fully saturated rings. The minimum atomic E-state index is -0.536. The molecule has 26 heavy (non-hydrogen) atoms. The number of hydrogen-bond acceptors (Lipinski definition) is 6. The van der Waals surface area contributed by atoms with Crippen LogP contribution in [-0.4, -0.2) is 61.2 Å². The maximum Gasteiger partial charge on any atom is 0.408 e. The predicted molar refractivity (Wildman–Crippen MR) is 93.7 cm³/mol. The van der Waals surface area contributed by atoms with E-state index in [9.17, 15) is 9.59 Å². The first kappa shape index (κ1) is 18.1. The molecule has 1 aliphatic heterocycles. The van der Waals surface area contributed by atoms with Crippen LogP contribution >= 0.6 is 0 Å². The Morgan fingerprint density at radius 1 is 1.23 bits per heavy atom. The fraction of sp³-hybridized carbons (Fsp3) is 0.588. The molecule has 3 rings (SSSR count). The van der Waals surface area contributed by atoms with Crippen LogP contribution in [0.15, 0.2) is 18.3 Å². The Balaban J connectivity index is 1.60. The number of aromatic nitrogens is 4. The monoisotopic (exact) mass is 360 g/mol. The number of fused-ring (bicyclic) bond motifs is 1. The van der Waals surface area contributed by atoms with Gasteiger partial charge in [-0.2, -0.15) is 4.52 Å². The number of nitrogens with one attached hydrogen (secondary N) is 1. The third-order valence-electron chi connectivity index (χ3n) is 4.40. The highest BCUT2D eigenvalue weighted by Gasteiger charge is 2.34. The van der Waals surface area contributed by atoms with E-state index in [2.05, 4.69) is 20.8 Å². The molecule has 0 atom stereocenters. The zero-order chi connectivity index (χ0) is 18.9. The normalized spacial score (nSPS) is 17.2. The van der Waals surface area contributed by atoms with E-state index in [-0.39, 0.29) is 11.4 Å². The second kappa shape index (κ2) is 6.54. The van der Waals surface area contributed by atoms with Gasteiger partial charge in [0.2, 0.25) is 0 Å². The standard InChI is InChI=1S/C17H24N6O3/c1-16(2,3)26-15(25)18-17(4)7-9-22(10-8-17)14(24)12-5-6-13-19-20-21-23(13)11-12/h5-6,11H,7-10H2,1-4H3,(H,18,25). The van der Waals surface area contributed by atoms with Crippen molar-refractivity contribution >= 4 is 17.6 Å². The summed E-state index contributed by atoms with van der Waals surface area (Å²) in [6.07, 6.45) is 2.52. The van der Waals surface area contributed by atoms with E-state index in [1.807, 2.05) is 27.7 Å². The quantitative estimate of drug-likeness (QED) is 0.874. The first-order valence-electron chi connectivity index (χ1n) is 8.63. The maximum absolute atomic E-state index is 12.7. The molecular weight excluding hydrogens is 336 g/mol. The number of amides is 2. The molecule has 1 saturated heterocycles. The summed E-state index contributed by atoms with van der Waals surface area (Å²) in [7, 11) is 0. The van der Waals surface area contributed by atoms with Gasteiger partial charge in [-0.05, 0) is 63.1 Å². The number of piperidine rings is 1. The largest absolute Gasteiger partial charge is 0.444 e. The SMILES string of the molecule is CC1(NC(=O)OC(C)(C)C)CCN(C(=O)c2ccc3nnnn3c2)CC1. The lowest BCUT2D eigenvalue weighted by Crippen LogP contribution is -2.55. The van der Waals surface area contributed by atoms with Crippen LogP contribution in [0.3, 0.4) is 0 Å². The fourth-order valence-electron chi connectivity index (χ4n) is 2.93. The molecule has 9 heteroatoms. The number of rotatable bonds is 2. The number of nitrogens with zero attached hydrogens (tertiary/aromatic N) is 5. The van der Waals surface area contributed by atoms with Crippen molar-refractivity contribution in [3.05, 3.63) is 23.9 Å². The Hall–Kier alpha value is -2.71. The summed E-state index contributed by atoms with van der Waals surface area (Å²) >= 11 is 0. The van der Waals surface area contributed by atoms with Crippen LogP contribution in [0.4, 0.5) is 4.79 Å². The molecule has 0 radical (unpaired) electrons. The number of likely N-dealkylation sites (tertiary alicyclic amines) is 1. The van der Waals surface area contributed by atoms with Crippen LogP contribution < -0.4 is 5.32 Å². The second-order valence-corrected chi connectivity index (χ2v) is 7.88. The lowest BCUT2D eigenvalue weighted by atomic mass is 9.89. The second-order valence-electron chi connectivity index (χ2n) is 7.88. The van der Waals surface area contributed by atoms with Gasteiger partial charge < -0.3 is 15.0 Å². The van der Waals surface area contributed by atoms with Gasteiger partial charge in [-0.3, -0.25) is 4.79 Å². The third kappa shape index (κ3) is 4.09. The van der Waals surface area contributed by atoms with E-state index in [1.54, 1.807) is 23.2 Å². The molecule has 140 valence electrons. The van der Waals surface area contributed by atoms with Crippen LogP contribution in [0, 0.1) is 0 Å². The number of tetrazole rings is 1. The Kier molecular flexibility index (Phi) is 4.55. The van der Waals surface area contributed by atoms with Crippen molar-refractivity contribution in [1.29, 1.82) is 0 Å². The Bertz CT molecular complexity index is 817. The van der Waals surface area contributed by atoms with Gasteiger partial charge in [-0.15, -0.1) is 5.10 Å². The number of ether oxygens (including phenoxy) is 1. The van der Waals surface area contributed by atoms with Crippen molar-refractivity contribution in [2.24, 2.45) is 0 Å². The molecule has 1 aliphatic rings. The van der Waals surface area contributed by atoms with E-state index in [1.165, 1.54) is 4.52 Å². The summed E-state index contributed by atoms with van der Waals surface area (Å²) in [4.78, 5) is 26.5. The van der Waals surface area contributed by atoms with Gasteiger partial charge in [-0.1, -0.05) is 0 Å². The van der Waals surface area contributed by atoms with Crippen molar-refractivity contribution in [1.82, 2.24) is 30.3 Å². The van der Waals surface area contributed by atoms with Gasteiger partial charge in [-0.25, -0.2) is 4.79 Å². The molecule has 9 nitrogen and oxygen atoms in total. The predicted octanol–water partition coefficient (Wildman–Crippen LogP) is 1.64. The zero-order valence-electron chi connectivity index (χ0n) is 15.5. The maximum atomic E-state index is 12.7. The van der Waals surface area contributed by atoms with Gasteiger partial charge in [0.15, 0.2) is 5.65 Å². The smallest absolute Gasteiger partial charge is 0.408 e. The molecular formula is C17H24N6O3. The van der Waals surface area contributed by atoms with Crippen molar-refractivity contribution in [2.45, 2.75) is 51.7 Å². The summed E-state index contributed by atoms with van der Waals surface area (Å²) in [5.74, 6) is -0.0679. The summed E-state index contributed by atoms with van der Waals surface area (Å²) in [6, 6.07) is 3.44. The average molecular weight is 360 g/mol. The highest BCUT2D eigenvalue weighted by Crippen LogP contribution is 2.24. The third-order valence-corrected chi connectivity index (χ3v) is 4.40. The number of carbonyl (C=O) groups is 2. The molecule has 0 bridgehead atoms. The van der Waals surface area contributed by atoms with Crippen LogP contribution in [0.1, 0.15) is 50.9 Å². The van der Waals surface area contributed by atoms with Gasteiger partial charge in [0.1, 0.15) is 5.60 Å². The molecule has 0 aliphatic carbocycles. The van der Waals surface area contributed by atoms with Crippen molar-refractivity contribution in [2.75, 3.05) is 13.1 Å². The Morgan fingerprint density at radius 2 is 1.92 bits per heavy atom. The molecule has 0 saturated carbocycles. The first-order chi connectivity index (χ1) is 12.2. The number of hydrogen-bond donors (Lipinski definition) is 1. The van der Waals surface area contributed by atoms with Gasteiger partial charge in [0, 0.05) is 24.8 Å². The fourth-order valence-corrected chi connectivity index (χ4v) is 2.93. The molecule has 2 amide bonds. The summed E-state index contributed by atoms with van der Waals surface area (Å²) in [5.41, 5.74) is 0.202. The number of carbonyl (C=O) groups excluding carboxylic acids is 2. The minimum absolute atomic E-state index is 0.0679. The van der Waals surface area contributed by atoms with E-state index >= 15 is 0 Å². The Morgan fingerprint density at radius 3 is 2.58 bits per heavy atom. The molecule has 2 aromatic heterocycles. The summed E-state index contributed by atoms with van der Waals surface area (Å²) < 4.78 is 6.81. The van der Waals surface area contributed by atoms with Gasteiger partial charge in [0.25, 0.3) is 5.91 Å². The summed E-state index contributed by atoms with van der Waals surface area (Å²) in [6.45, 7) is 8.58. The van der Waals surface area contributed by atoms with E-state index in [4.69, 9.17) is 4.74 Å². The van der Waals surface area contributed by atoms with E-state index < -0.39 is 11.7 Å². The lowest BCUT2D eigenvalue weighted by molar-refractivity contribution is 0.0396. The van der Waals surface area contributed by atoms with Crippen LogP contribution in [0.5, 0.6) is 0 Å². The van der Waals surface area contributed by atoms with Crippen molar-refractivity contribution < 1.29 is 14.3 Å². The Labute approximate surface area is 151 Å². The molecule has 0 spiro atoms. The zero-order valence-corrected chi connectivity index (χ0v) is 15.5. The molecule has 3 heterocycles.